The van der Waals surface area contributed by atoms with Crippen LogP contribution in [0.15, 0.2) is 24.3 Å². The molecule has 0 aromatic heterocycles. The maximum absolute atomic E-state index is 13.0. The molecule has 2 amide bonds. The second-order valence-corrected chi connectivity index (χ2v) is 7.39. The summed E-state index contributed by atoms with van der Waals surface area (Å²) in [6.07, 6.45) is 3.48. The van der Waals surface area contributed by atoms with Gasteiger partial charge in [-0.05, 0) is 43.7 Å². The highest BCUT2D eigenvalue weighted by molar-refractivity contribution is 5.99. The minimum absolute atomic E-state index is 0.130. The van der Waals surface area contributed by atoms with Crippen molar-refractivity contribution in [3.8, 4) is 0 Å². The van der Waals surface area contributed by atoms with Crippen molar-refractivity contribution in [3.63, 3.8) is 0 Å². The Morgan fingerprint density at radius 1 is 1.04 bits per heavy atom. The lowest BCUT2D eigenvalue weighted by atomic mass is 9.98. The minimum Gasteiger partial charge on any atom is -0.453 e. The zero-order valence-corrected chi connectivity index (χ0v) is 15.7. The van der Waals surface area contributed by atoms with E-state index in [4.69, 9.17) is 0 Å². The first-order valence-electron chi connectivity index (χ1n) is 9.56. The van der Waals surface area contributed by atoms with Gasteiger partial charge in [-0.2, -0.15) is 0 Å². The summed E-state index contributed by atoms with van der Waals surface area (Å²) >= 11 is 0. The van der Waals surface area contributed by atoms with Gasteiger partial charge in [0.05, 0.1) is 12.7 Å². The lowest BCUT2D eigenvalue weighted by molar-refractivity contribution is 0.0697. The molecule has 142 valence electrons. The lowest BCUT2D eigenvalue weighted by Crippen LogP contribution is -2.45. The second-order valence-electron chi connectivity index (χ2n) is 7.39. The Hall–Kier alpha value is -2.24. The van der Waals surface area contributed by atoms with Crippen molar-refractivity contribution in [1.29, 1.82) is 0 Å². The van der Waals surface area contributed by atoms with E-state index in [2.05, 4.69) is 21.9 Å². The summed E-state index contributed by atoms with van der Waals surface area (Å²) in [5.41, 5.74) is 1.80. The number of hydrogen-bond donors (Lipinski definition) is 1. The number of likely N-dealkylation sites (tertiary alicyclic amines) is 1. The first kappa shape index (κ1) is 18.5. The standard InChI is InChI=1S/C20H29N3O3/c1-15-7-11-23(12-8-15)19(24)17-5-3-4-6-18(17)22-13-9-16(10-14-22)21-20(25)26-2/h3-6,15-16H,7-14H2,1-2H3,(H,21,25). The average molecular weight is 359 g/mol. The monoisotopic (exact) mass is 359 g/mol. The zero-order valence-electron chi connectivity index (χ0n) is 15.7. The van der Waals surface area contributed by atoms with Crippen LogP contribution in [0.2, 0.25) is 0 Å². The quantitative estimate of drug-likeness (QED) is 0.901. The number of para-hydroxylation sites is 1. The first-order chi connectivity index (χ1) is 12.6. The number of anilines is 1. The van der Waals surface area contributed by atoms with Gasteiger partial charge in [-0.3, -0.25) is 4.79 Å². The van der Waals surface area contributed by atoms with Crippen molar-refractivity contribution in [2.75, 3.05) is 38.2 Å². The van der Waals surface area contributed by atoms with Gasteiger partial charge in [0.2, 0.25) is 0 Å². The van der Waals surface area contributed by atoms with E-state index in [9.17, 15) is 9.59 Å². The molecule has 0 spiro atoms. The van der Waals surface area contributed by atoms with Gasteiger partial charge in [0, 0.05) is 37.9 Å². The number of rotatable bonds is 3. The molecule has 2 heterocycles. The van der Waals surface area contributed by atoms with Gasteiger partial charge < -0.3 is 19.9 Å². The van der Waals surface area contributed by atoms with E-state index in [1.807, 2.05) is 29.2 Å². The maximum Gasteiger partial charge on any atom is 0.407 e. The predicted molar refractivity (Wildman–Crippen MR) is 102 cm³/mol. The largest absolute Gasteiger partial charge is 0.453 e. The van der Waals surface area contributed by atoms with Gasteiger partial charge in [0.25, 0.3) is 5.91 Å². The smallest absolute Gasteiger partial charge is 0.407 e. The maximum atomic E-state index is 13.0. The summed E-state index contributed by atoms with van der Waals surface area (Å²) in [6.45, 7) is 5.58. The third-order valence-electron chi connectivity index (χ3n) is 5.55. The Kier molecular flexibility index (Phi) is 6.01. The molecule has 0 bridgehead atoms. The van der Waals surface area contributed by atoms with Crippen LogP contribution >= 0.6 is 0 Å². The molecule has 6 nitrogen and oxygen atoms in total. The van der Waals surface area contributed by atoms with E-state index in [0.29, 0.717) is 5.92 Å². The molecule has 1 aromatic carbocycles. The Labute approximate surface area is 155 Å². The summed E-state index contributed by atoms with van der Waals surface area (Å²) in [5.74, 6) is 0.845. The first-order valence-corrected chi connectivity index (χ1v) is 9.56. The highest BCUT2D eigenvalue weighted by Gasteiger charge is 2.27. The van der Waals surface area contributed by atoms with Gasteiger partial charge >= 0.3 is 6.09 Å². The van der Waals surface area contributed by atoms with Gasteiger partial charge in [-0.15, -0.1) is 0 Å². The van der Waals surface area contributed by atoms with Crippen LogP contribution in [-0.4, -0.2) is 56.2 Å². The van der Waals surface area contributed by atoms with Crippen molar-refractivity contribution >= 4 is 17.7 Å². The molecule has 2 fully saturated rings. The molecule has 0 unspecified atom stereocenters. The number of nitrogens with zero attached hydrogens (tertiary/aromatic N) is 2. The van der Waals surface area contributed by atoms with Gasteiger partial charge in [-0.1, -0.05) is 19.1 Å². The molecule has 2 saturated heterocycles. The third-order valence-corrected chi connectivity index (χ3v) is 5.55. The number of carbonyl (C=O) groups excluding carboxylic acids is 2. The fraction of sp³-hybridized carbons (Fsp3) is 0.600. The molecule has 2 aliphatic rings. The van der Waals surface area contributed by atoms with E-state index in [1.165, 1.54) is 7.11 Å². The van der Waals surface area contributed by atoms with Crippen molar-refractivity contribution in [2.45, 2.75) is 38.6 Å². The molecule has 0 saturated carbocycles. The fourth-order valence-corrected chi connectivity index (χ4v) is 3.80. The fourth-order valence-electron chi connectivity index (χ4n) is 3.80. The number of alkyl carbamates (subject to hydrolysis) is 1. The van der Waals surface area contributed by atoms with Crippen molar-refractivity contribution in [2.24, 2.45) is 5.92 Å². The third kappa shape index (κ3) is 4.29. The Morgan fingerprint density at radius 2 is 1.69 bits per heavy atom. The van der Waals surface area contributed by atoms with E-state index in [1.54, 1.807) is 0 Å². The SMILES string of the molecule is COC(=O)NC1CCN(c2ccccc2C(=O)N2CCC(C)CC2)CC1. The molecular weight excluding hydrogens is 330 g/mol. The van der Waals surface area contributed by atoms with Crippen LogP contribution < -0.4 is 10.2 Å². The molecule has 0 aliphatic carbocycles. The van der Waals surface area contributed by atoms with Crippen LogP contribution in [-0.2, 0) is 4.74 Å². The zero-order chi connectivity index (χ0) is 18.5. The van der Waals surface area contributed by atoms with E-state index in [-0.39, 0.29) is 18.0 Å². The molecule has 0 radical (unpaired) electrons. The van der Waals surface area contributed by atoms with Crippen LogP contribution in [0.25, 0.3) is 0 Å². The average Bonchev–Trinajstić information content (AvgIpc) is 2.68. The number of nitrogens with one attached hydrogen (secondary N) is 1. The van der Waals surface area contributed by atoms with E-state index >= 15 is 0 Å². The predicted octanol–water partition coefficient (Wildman–Crippen LogP) is 2.88. The molecular formula is C20H29N3O3. The molecule has 1 aromatic rings. The van der Waals surface area contributed by atoms with Crippen LogP contribution in [0.5, 0.6) is 0 Å². The van der Waals surface area contributed by atoms with E-state index < -0.39 is 0 Å². The minimum atomic E-state index is -0.377. The Balaban J connectivity index is 1.66. The molecule has 3 rings (SSSR count). The molecule has 1 N–H and O–H groups in total. The highest BCUT2D eigenvalue weighted by Crippen LogP contribution is 2.27. The summed E-state index contributed by atoms with van der Waals surface area (Å²) in [5, 5.41) is 2.87. The van der Waals surface area contributed by atoms with Crippen LogP contribution in [0.4, 0.5) is 10.5 Å². The second kappa shape index (κ2) is 8.43. The van der Waals surface area contributed by atoms with Gasteiger partial charge in [0.15, 0.2) is 0 Å². The number of hydrogen-bond acceptors (Lipinski definition) is 4. The van der Waals surface area contributed by atoms with Crippen molar-refractivity contribution < 1.29 is 14.3 Å². The summed E-state index contributed by atoms with van der Waals surface area (Å²) < 4.78 is 4.68. The van der Waals surface area contributed by atoms with E-state index in [0.717, 1.165) is 63.1 Å². The highest BCUT2D eigenvalue weighted by atomic mass is 16.5. The number of piperidine rings is 2. The Bertz CT molecular complexity index is 633. The van der Waals surface area contributed by atoms with Crippen molar-refractivity contribution in [1.82, 2.24) is 10.2 Å². The van der Waals surface area contributed by atoms with Gasteiger partial charge in [0.1, 0.15) is 0 Å². The molecule has 2 aliphatic heterocycles. The molecule has 6 heteroatoms. The normalized spacial score (nSPS) is 19.3. The molecule has 0 atom stereocenters. The topological polar surface area (TPSA) is 61.9 Å². The number of ether oxygens (including phenoxy) is 1. The van der Waals surface area contributed by atoms with Gasteiger partial charge in [-0.25, -0.2) is 4.79 Å². The number of benzene rings is 1. The van der Waals surface area contributed by atoms with Crippen LogP contribution in [0, 0.1) is 5.92 Å². The summed E-state index contributed by atoms with van der Waals surface area (Å²) in [7, 11) is 1.38. The lowest BCUT2D eigenvalue weighted by Gasteiger charge is -2.36. The Morgan fingerprint density at radius 3 is 2.35 bits per heavy atom. The summed E-state index contributed by atoms with van der Waals surface area (Å²) in [6, 6.07) is 8.03. The molecule has 26 heavy (non-hydrogen) atoms. The number of methoxy groups -OCH3 is 1. The number of carbonyl (C=O) groups is 2. The summed E-state index contributed by atoms with van der Waals surface area (Å²) in [4.78, 5) is 28.7. The number of amides is 2. The van der Waals surface area contributed by atoms with Crippen LogP contribution in [0.3, 0.4) is 0 Å². The van der Waals surface area contributed by atoms with Crippen molar-refractivity contribution in [3.05, 3.63) is 29.8 Å². The van der Waals surface area contributed by atoms with Crippen LogP contribution in [0.1, 0.15) is 43.0 Å².